The molecule has 0 spiro atoms. The SMILES string of the molecule is Bc1cnn2c(NC3CCN(C4CCC(C(F)(F)F)CC4)CC3)cc(-c3ccccc3Cl)nc12. The van der Waals surface area contributed by atoms with Crippen LogP contribution in [-0.2, 0) is 0 Å². The minimum Gasteiger partial charge on any atom is -0.367 e. The third-order valence-corrected chi connectivity index (χ3v) is 7.69. The second-order valence-electron chi connectivity index (χ2n) is 9.57. The highest BCUT2D eigenvalue weighted by molar-refractivity contribution is 6.36. The van der Waals surface area contributed by atoms with E-state index in [4.69, 9.17) is 16.6 Å². The summed E-state index contributed by atoms with van der Waals surface area (Å²) in [5.74, 6) is -0.251. The van der Waals surface area contributed by atoms with Gasteiger partial charge in [0.25, 0.3) is 0 Å². The van der Waals surface area contributed by atoms with Crippen molar-refractivity contribution in [2.45, 2.75) is 56.8 Å². The third-order valence-electron chi connectivity index (χ3n) is 7.36. The summed E-state index contributed by atoms with van der Waals surface area (Å²) in [6.07, 6.45) is 1.42. The fourth-order valence-electron chi connectivity index (χ4n) is 5.37. The summed E-state index contributed by atoms with van der Waals surface area (Å²) < 4.78 is 40.8. The number of nitrogens with zero attached hydrogens (tertiary/aromatic N) is 4. The number of fused-ring (bicyclic) bond motifs is 1. The zero-order chi connectivity index (χ0) is 23.9. The van der Waals surface area contributed by atoms with Crippen LogP contribution in [0.4, 0.5) is 19.0 Å². The number of hydrogen-bond donors (Lipinski definition) is 1. The van der Waals surface area contributed by atoms with Gasteiger partial charge in [0, 0.05) is 48.0 Å². The van der Waals surface area contributed by atoms with Crippen LogP contribution in [0.3, 0.4) is 0 Å². The molecule has 0 unspecified atom stereocenters. The lowest BCUT2D eigenvalue weighted by Crippen LogP contribution is -2.46. The van der Waals surface area contributed by atoms with Crippen molar-refractivity contribution in [1.29, 1.82) is 0 Å². The molecule has 1 N–H and O–H groups in total. The zero-order valence-electron chi connectivity index (χ0n) is 19.2. The summed E-state index contributed by atoms with van der Waals surface area (Å²) >= 11 is 6.44. The highest BCUT2D eigenvalue weighted by atomic mass is 35.5. The average molecular weight is 490 g/mol. The Bertz CT molecular complexity index is 1150. The molecule has 2 aliphatic rings. The Kier molecular flexibility index (Phi) is 6.50. The summed E-state index contributed by atoms with van der Waals surface area (Å²) in [6.45, 7) is 1.78. The maximum Gasteiger partial charge on any atom is 0.391 e. The van der Waals surface area contributed by atoms with Crippen LogP contribution in [-0.4, -0.2) is 58.7 Å². The summed E-state index contributed by atoms with van der Waals surface area (Å²) in [6, 6.07) is 10.2. The van der Waals surface area contributed by atoms with E-state index < -0.39 is 12.1 Å². The first-order chi connectivity index (χ1) is 16.3. The van der Waals surface area contributed by atoms with E-state index in [1.807, 2.05) is 48.9 Å². The molecule has 2 fully saturated rings. The van der Waals surface area contributed by atoms with E-state index in [1.165, 1.54) is 0 Å². The van der Waals surface area contributed by atoms with E-state index in [0.29, 0.717) is 17.9 Å². The fourth-order valence-corrected chi connectivity index (χ4v) is 5.60. The van der Waals surface area contributed by atoms with Crippen LogP contribution in [0.15, 0.2) is 36.5 Å². The highest BCUT2D eigenvalue weighted by Crippen LogP contribution is 2.39. The van der Waals surface area contributed by atoms with Crippen molar-refractivity contribution < 1.29 is 13.2 Å². The Hall–Kier alpha value is -2.26. The topological polar surface area (TPSA) is 45.5 Å². The van der Waals surface area contributed by atoms with Gasteiger partial charge >= 0.3 is 6.18 Å². The van der Waals surface area contributed by atoms with Crippen LogP contribution in [0.5, 0.6) is 0 Å². The predicted molar refractivity (Wildman–Crippen MR) is 132 cm³/mol. The number of halogens is 4. The molecule has 0 atom stereocenters. The van der Waals surface area contributed by atoms with Gasteiger partial charge in [0.1, 0.15) is 13.7 Å². The van der Waals surface area contributed by atoms with Gasteiger partial charge in [0.2, 0.25) is 0 Å². The molecule has 0 radical (unpaired) electrons. The molecule has 5 nitrogen and oxygen atoms in total. The molecule has 1 aliphatic carbocycles. The number of rotatable bonds is 4. The van der Waals surface area contributed by atoms with Gasteiger partial charge in [-0.1, -0.05) is 29.8 Å². The van der Waals surface area contributed by atoms with E-state index in [0.717, 1.165) is 54.1 Å². The van der Waals surface area contributed by atoms with Crippen LogP contribution in [0.25, 0.3) is 16.9 Å². The van der Waals surface area contributed by atoms with Gasteiger partial charge in [-0.2, -0.15) is 22.8 Å². The summed E-state index contributed by atoms with van der Waals surface area (Å²) in [5, 5.41) is 8.82. The molecule has 0 amide bonds. The van der Waals surface area contributed by atoms with E-state index in [2.05, 4.69) is 15.3 Å². The maximum absolute atomic E-state index is 13.0. The first kappa shape index (κ1) is 23.5. The number of nitrogens with one attached hydrogen (secondary N) is 1. The number of alkyl halides is 3. The predicted octanol–water partition coefficient (Wildman–Crippen LogP) is 4.31. The molecule has 1 aliphatic heterocycles. The minimum atomic E-state index is -4.05. The van der Waals surface area contributed by atoms with Crippen LogP contribution in [0.2, 0.25) is 5.02 Å². The van der Waals surface area contributed by atoms with Gasteiger partial charge in [0.15, 0.2) is 5.65 Å². The van der Waals surface area contributed by atoms with Crippen molar-refractivity contribution in [3.8, 4) is 11.3 Å². The Morgan fingerprint density at radius 3 is 2.41 bits per heavy atom. The van der Waals surface area contributed by atoms with Crippen LogP contribution >= 0.6 is 11.6 Å². The molecular formula is C24H28BClF3N5. The standard InChI is InChI=1S/C24H28BClF3N5/c25-19-14-30-34-22(13-21(32-23(19)34)18-3-1-2-4-20(18)26)31-16-9-11-33(12-10-16)17-7-5-15(6-8-17)24(27,28)29/h1-4,13-17,31H,5-12,25H2. The van der Waals surface area contributed by atoms with Gasteiger partial charge in [-0.3, -0.25) is 0 Å². The zero-order valence-corrected chi connectivity index (χ0v) is 19.9. The quantitative estimate of drug-likeness (QED) is 0.555. The number of likely N-dealkylation sites (tertiary alicyclic amines) is 1. The van der Waals surface area contributed by atoms with Crippen molar-refractivity contribution in [1.82, 2.24) is 19.5 Å². The smallest absolute Gasteiger partial charge is 0.367 e. The summed E-state index contributed by atoms with van der Waals surface area (Å²) in [7, 11) is 1.99. The molecule has 1 saturated heterocycles. The monoisotopic (exact) mass is 489 g/mol. The number of aromatic nitrogens is 3. The molecule has 1 saturated carbocycles. The van der Waals surface area contributed by atoms with Crippen molar-refractivity contribution in [2.75, 3.05) is 18.4 Å². The lowest BCUT2D eigenvalue weighted by Gasteiger charge is -2.41. The number of hydrogen-bond acceptors (Lipinski definition) is 4. The molecule has 3 heterocycles. The van der Waals surface area contributed by atoms with Crippen LogP contribution in [0.1, 0.15) is 38.5 Å². The van der Waals surface area contributed by atoms with Crippen molar-refractivity contribution in [3.05, 3.63) is 41.6 Å². The van der Waals surface area contributed by atoms with Gasteiger partial charge < -0.3 is 10.2 Å². The Morgan fingerprint density at radius 1 is 1.03 bits per heavy atom. The maximum atomic E-state index is 13.0. The van der Waals surface area contributed by atoms with E-state index in [9.17, 15) is 13.2 Å². The molecule has 180 valence electrons. The van der Waals surface area contributed by atoms with Crippen molar-refractivity contribution in [3.63, 3.8) is 0 Å². The van der Waals surface area contributed by atoms with Gasteiger partial charge in [0.05, 0.1) is 11.6 Å². The largest absolute Gasteiger partial charge is 0.391 e. The molecular weight excluding hydrogens is 462 g/mol. The number of anilines is 1. The molecule has 1 aromatic carbocycles. The van der Waals surface area contributed by atoms with Crippen LogP contribution < -0.4 is 10.8 Å². The highest BCUT2D eigenvalue weighted by Gasteiger charge is 2.42. The fraction of sp³-hybridized carbons (Fsp3) is 0.500. The Labute approximate surface area is 203 Å². The summed E-state index contributed by atoms with van der Waals surface area (Å²) in [4.78, 5) is 7.19. The molecule has 3 aromatic rings. The normalized spacial score (nSPS) is 22.8. The van der Waals surface area contributed by atoms with E-state index in [1.54, 1.807) is 0 Å². The van der Waals surface area contributed by atoms with Crippen LogP contribution in [0, 0.1) is 5.92 Å². The lowest BCUT2D eigenvalue weighted by atomic mass is 9.84. The number of benzene rings is 1. The molecule has 0 bridgehead atoms. The Morgan fingerprint density at radius 2 is 1.74 bits per heavy atom. The van der Waals surface area contributed by atoms with E-state index >= 15 is 0 Å². The number of piperidine rings is 1. The second-order valence-corrected chi connectivity index (χ2v) is 9.98. The summed E-state index contributed by atoms with van der Waals surface area (Å²) in [5.41, 5.74) is 3.45. The van der Waals surface area contributed by atoms with Gasteiger partial charge in [-0.25, -0.2) is 4.98 Å². The average Bonchev–Trinajstić information content (AvgIpc) is 3.20. The minimum absolute atomic E-state index is 0.255. The van der Waals surface area contributed by atoms with Crippen molar-refractivity contribution in [2.24, 2.45) is 5.92 Å². The van der Waals surface area contributed by atoms with Crippen molar-refractivity contribution >= 4 is 36.4 Å². The third kappa shape index (κ3) is 4.77. The van der Waals surface area contributed by atoms with E-state index in [-0.39, 0.29) is 24.9 Å². The molecule has 5 rings (SSSR count). The lowest BCUT2D eigenvalue weighted by molar-refractivity contribution is -0.184. The molecule has 34 heavy (non-hydrogen) atoms. The Balaban J connectivity index is 1.27. The molecule has 2 aromatic heterocycles. The second kappa shape index (κ2) is 9.42. The van der Waals surface area contributed by atoms with Gasteiger partial charge in [-0.05, 0) is 50.1 Å². The first-order valence-electron chi connectivity index (χ1n) is 12.0. The first-order valence-corrected chi connectivity index (χ1v) is 12.3. The van der Waals surface area contributed by atoms with Gasteiger partial charge in [-0.15, -0.1) is 0 Å². The molecule has 10 heteroatoms.